The summed E-state index contributed by atoms with van der Waals surface area (Å²) in [5.41, 5.74) is 2.63. The van der Waals surface area contributed by atoms with Gasteiger partial charge < -0.3 is 14.5 Å². The smallest absolute Gasteiger partial charge is 0.246 e. The van der Waals surface area contributed by atoms with Gasteiger partial charge >= 0.3 is 0 Å². The van der Waals surface area contributed by atoms with E-state index in [2.05, 4.69) is 0 Å². The van der Waals surface area contributed by atoms with Crippen molar-refractivity contribution in [1.29, 1.82) is 0 Å². The Morgan fingerprint density at radius 2 is 1.75 bits per heavy atom. The molecule has 3 rings (SSSR count). The number of benzene rings is 2. The van der Waals surface area contributed by atoms with Crippen LogP contribution in [0.4, 0.5) is 11.4 Å². The standard InChI is InChI=1S/C19H20N2O3/c1-20-16-5-3-4-6-17(16)21(13-19(20)23)18(22)12-9-14-7-10-15(24-2)11-8-14/h3-8,10-11H,9,12-13H2,1-2H3. The molecule has 0 aromatic heterocycles. The van der Waals surface area contributed by atoms with Crippen molar-refractivity contribution in [2.24, 2.45) is 0 Å². The number of hydrogen-bond donors (Lipinski definition) is 0. The zero-order chi connectivity index (χ0) is 17.1. The molecule has 1 aliphatic rings. The third-order valence-electron chi connectivity index (χ3n) is 4.29. The molecule has 5 heteroatoms. The van der Waals surface area contributed by atoms with Crippen molar-refractivity contribution in [1.82, 2.24) is 0 Å². The maximum Gasteiger partial charge on any atom is 0.246 e. The number of anilines is 2. The van der Waals surface area contributed by atoms with Crippen LogP contribution in [-0.2, 0) is 16.0 Å². The van der Waals surface area contributed by atoms with E-state index in [4.69, 9.17) is 4.74 Å². The van der Waals surface area contributed by atoms with Gasteiger partial charge in [0.05, 0.1) is 18.5 Å². The predicted octanol–water partition coefficient (Wildman–Crippen LogP) is 2.64. The number of hydrogen-bond acceptors (Lipinski definition) is 3. The second-order valence-corrected chi connectivity index (χ2v) is 5.77. The highest BCUT2D eigenvalue weighted by Crippen LogP contribution is 2.32. The SMILES string of the molecule is COc1ccc(CCC(=O)N2CC(=O)N(C)c3ccccc32)cc1. The Hall–Kier alpha value is -2.82. The molecule has 0 fully saturated rings. The molecule has 124 valence electrons. The van der Waals surface area contributed by atoms with Gasteiger partial charge in [0.2, 0.25) is 11.8 Å². The highest BCUT2D eigenvalue weighted by atomic mass is 16.5. The number of carbonyl (C=O) groups is 2. The van der Waals surface area contributed by atoms with E-state index in [-0.39, 0.29) is 18.4 Å². The summed E-state index contributed by atoms with van der Waals surface area (Å²) in [7, 11) is 3.36. The predicted molar refractivity (Wildman–Crippen MR) is 93.5 cm³/mol. The van der Waals surface area contributed by atoms with Gasteiger partial charge in [-0.25, -0.2) is 0 Å². The largest absolute Gasteiger partial charge is 0.497 e. The number of fused-ring (bicyclic) bond motifs is 1. The van der Waals surface area contributed by atoms with Gasteiger partial charge in [-0.2, -0.15) is 0 Å². The van der Waals surface area contributed by atoms with E-state index < -0.39 is 0 Å². The molecule has 2 aromatic rings. The summed E-state index contributed by atoms with van der Waals surface area (Å²) < 4.78 is 5.13. The molecule has 0 bridgehead atoms. The first kappa shape index (κ1) is 16.1. The van der Waals surface area contributed by atoms with Crippen LogP contribution < -0.4 is 14.5 Å². The molecule has 0 radical (unpaired) electrons. The molecule has 2 amide bonds. The minimum absolute atomic E-state index is 0.0419. The molecule has 0 atom stereocenters. The van der Waals surface area contributed by atoms with E-state index >= 15 is 0 Å². The molecule has 24 heavy (non-hydrogen) atoms. The van der Waals surface area contributed by atoms with Crippen LogP contribution in [-0.4, -0.2) is 32.5 Å². The van der Waals surface area contributed by atoms with Crippen LogP contribution in [0.3, 0.4) is 0 Å². The lowest BCUT2D eigenvalue weighted by Crippen LogP contribution is -2.46. The van der Waals surface area contributed by atoms with Crippen molar-refractivity contribution in [2.75, 3.05) is 30.5 Å². The van der Waals surface area contributed by atoms with E-state index in [1.165, 1.54) is 0 Å². The van der Waals surface area contributed by atoms with Crippen LogP contribution in [0.2, 0.25) is 0 Å². The molecular weight excluding hydrogens is 304 g/mol. The molecule has 0 unspecified atom stereocenters. The van der Waals surface area contributed by atoms with Gasteiger partial charge in [-0.3, -0.25) is 9.59 Å². The third-order valence-corrected chi connectivity index (χ3v) is 4.29. The van der Waals surface area contributed by atoms with Gasteiger partial charge in [0, 0.05) is 13.5 Å². The van der Waals surface area contributed by atoms with Crippen molar-refractivity contribution in [3.63, 3.8) is 0 Å². The summed E-state index contributed by atoms with van der Waals surface area (Å²) in [6, 6.07) is 15.2. The Morgan fingerprint density at radius 3 is 2.42 bits per heavy atom. The first-order chi connectivity index (χ1) is 11.6. The van der Waals surface area contributed by atoms with Gasteiger partial charge in [-0.05, 0) is 36.2 Å². The fourth-order valence-electron chi connectivity index (χ4n) is 2.84. The van der Waals surface area contributed by atoms with Crippen LogP contribution in [0.15, 0.2) is 48.5 Å². The normalized spacial score (nSPS) is 13.7. The number of nitrogens with zero attached hydrogens (tertiary/aromatic N) is 2. The van der Waals surface area contributed by atoms with Crippen molar-refractivity contribution in [3.05, 3.63) is 54.1 Å². The van der Waals surface area contributed by atoms with E-state index in [0.717, 1.165) is 22.7 Å². The van der Waals surface area contributed by atoms with Crippen molar-refractivity contribution in [2.45, 2.75) is 12.8 Å². The quantitative estimate of drug-likeness (QED) is 0.869. The van der Waals surface area contributed by atoms with Gasteiger partial charge in [-0.1, -0.05) is 24.3 Å². The Morgan fingerprint density at radius 1 is 1.08 bits per heavy atom. The number of amides is 2. The number of para-hydroxylation sites is 2. The fraction of sp³-hybridized carbons (Fsp3) is 0.263. The van der Waals surface area contributed by atoms with E-state index in [1.807, 2.05) is 48.5 Å². The Bertz CT molecular complexity index is 755. The fourth-order valence-corrected chi connectivity index (χ4v) is 2.84. The number of likely N-dealkylation sites (N-methyl/N-ethyl adjacent to an activating group) is 1. The lowest BCUT2D eigenvalue weighted by molar-refractivity contribution is -0.122. The Kier molecular flexibility index (Phi) is 4.51. The highest BCUT2D eigenvalue weighted by Gasteiger charge is 2.29. The van der Waals surface area contributed by atoms with Gasteiger partial charge in [0.15, 0.2) is 0 Å². The zero-order valence-electron chi connectivity index (χ0n) is 13.9. The summed E-state index contributed by atoms with van der Waals surface area (Å²) in [5, 5.41) is 0. The summed E-state index contributed by atoms with van der Waals surface area (Å²) in [6.07, 6.45) is 0.989. The lowest BCUT2D eigenvalue weighted by atomic mass is 10.1. The number of rotatable bonds is 4. The molecule has 0 saturated heterocycles. The van der Waals surface area contributed by atoms with E-state index in [0.29, 0.717) is 12.8 Å². The number of methoxy groups -OCH3 is 1. The molecule has 1 heterocycles. The highest BCUT2D eigenvalue weighted by molar-refractivity contribution is 6.10. The third kappa shape index (κ3) is 3.11. The Balaban J connectivity index is 1.72. The summed E-state index contributed by atoms with van der Waals surface area (Å²) in [6.45, 7) is 0.0922. The molecule has 0 N–H and O–H groups in total. The maximum atomic E-state index is 12.6. The van der Waals surface area contributed by atoms with Gasteiger partial charge in [0.25, 0.3) is 0 Å². The number of aryl methyl sites for hydroxylation is 1. The summed E-state index contributed by atoms with van der Waals surface area (Å²) >= 11 is 0. The van der Waals surface area contributed by atoms with Crippen molar-refractivity contribution < 1.29 is 14.3 Å². The van der Waals surface area contributed by atoms with Gasteiger partial charge in [-0.15, -0.1) is 0 Å². The zero-order valence-corrected chi connectivity index (χ0v) is 13.9. The number of ether oxygens (including phenoxy) is 1. The molecule has 5 nitrogen and oxygen atoms in total. The summed E-state index contributed by atoms with van der Waals surface area (Å²) in [5.74, 6) is 0.676. The molecule has 0 spiro atoms. The van der Waals surface area contributed by atoms with Crippen LogP contribution in [0.1, 0.15) is 12.0 Å². The second-order valence-electron chi connectivity index (χ2n) is 5.77. The van der Waals surface area contributed by atoms with Crippen LogP contribution in [0.5, 0.6) is 5.75 Å². The first-order valence-corrected chi connectivity index (χ1v) is 7.89. The second kappa shape index (κ2) is 6.74. The van der Waals surface area contributed by atoms with Gasteiger partial charge in [0.1, 0.15) is 12.3 Å². The Labute approximate surface area is 141 Å². The maximum absolute atomic E-state index is 12.6. The van der Waals surface area contributed by atoms with Crippen LogP contribution in [0.25, 0.3) is 0 Å². The van der Waals surface area contributed by atoms with Crippen molar-refractivity contribution >= 4 is 23.2 Å². The van der Waals surface area contributed by atoms with Crippen LogP contribution in [0, 0.1) is 0 Å². The molecule has 0 saturated carbocycles. The molecule has 1 aliphatic heterocycles. The average Bonchev–Trinajstić information content (AvgIpc) is 2.63. The van der Waals surface area contributed by atoms with Crippen molar-refractivity contribution in [3.8, 4) is 5.75 Å². The molecule has 0 aliphatic carbocycles. The van der Waals surface area contributed by atoms with Crippen LogP contribution >= 0.6 is 0 Å². The minimum Gasteiger partial charge on any atom is -0.497 e. The average molecular weight is 324 g/mol. The minimum atomic E-state index is -0.0773. The number of carbonyl (C=O) groups excluding carboxylic acids is 2. The van der Waals surface area contributed by atoms with E-state index in [9.17, 15) is 9.59 Å². The lowest BCUT2D eigenvalue weighted by Gasteiger charge is -2.34. The summed E-state index contributed by atoms with van der Waals surface area (Å²) in [4.78, 5) is 28.0. The monoisotopic (exact) mass is 324 g/mol. The molecule has 2 aromatic carbocycles. The molecular formula is C19H20N2O3. The topological polar surface area (TPSA) is 49.9 Å². The first-order valence-electron chi connectivity index (χ1n) is 7.89. The van der Waals surface area contributed by atoms with E-state index in [1.54, 1.807) is 24.0 Å².